The number of nitrogens with two attached hydrogens (primary N) is 1. The smallest absolute Gasteiger partial charge is 0.227 e. The van der Waals surface area contributed by atoms with Crippen molar-refractivity contribution in [3.05, 3.63) is 46.7 Å². The van der Waals surface area contributed by atoms with Gasteiger partial charge in [0.1, 0.15) is 0 Å². The maximum absolute atomic E-state index is 10.8. The second-order valence-electron chi connectivity index (χ2n) is 3.74. The molecule has 2 rings (SSSR count). The van der Waals surface area contributed by atoms with Gasteiger partial charge in [0.25, 0.3) is 0 Å². The van der Waals surface area contributed by atoms with Crippen LogP contribution in [0, 0.1) is 0 Å². The van der Waals surface area contributed by atoms with E-state index in [1.54, 1.807) is 11.3 Å². The molecule has 1 aromatic heterocycles. The highest BCUT2D eigenvalue weighted by Crippen LogP contribution is 2.27. The molecule has 0 aliphatic rings. The number of thiophene rings is 1. The molecule has 0 saturated carbocycles. The van der Waals surface area contributed by atoms with Crippen LogP contribution in [0.2, 0.25) is 0 Å². The van der Waals surface area contributed by atoms with Crippen LogP contribution in [-0.4, -0.2) is 11.7 Å². The first-order valence-corrected chi connectivity index (χ1v) is 7.43. The van der Waals surface area contributed by atoms with E-state index in [0.717, 1.165) is 17.1 Å². The van der Waals surface area contributed by atoms with Crippen LogP contribution in [0.3, 0.4) is 0 Å². The van der Waals surface area contributed by atoms with E-state index in [4.69, 9.17) is 5.73 Å². The molecular weight excluding hydrogens is 264 g/mol. The van der Waals surface area contributed by atoms with Crippen molar-refractivity contribution in [2.45, 2.75) is 11.4 Å². The minimum atomic E-state index is -0.298. The Morgan fingerprint density at radius 2 is 2.17 bits per heavy atom. The number of hydrogen-bond donors (Lipinski definition) is 2. The van der Waals surface area contributed by atoms with Crippen molar-refractivity contribution in [3.8, 4) is 0 Å². The minimum absolute atomic E-state index is 0.298. The maximum Gasteiger partial charge on any atom is 0.227 e. The predicted molar refractivity (Wildman–Crippen MR) is 78.0 cm³/mol. The molecule has 1 aromatic carbocycles. The maximum atomic E-state index is 10.8. The quantitative estimate of drug-likeness (QED) is 0.799. The number of carbonyl (C=O) groups excluding carboxylic acids is 1. The summed E-state index contributed by atoms with van der Waals surface area (Å²) in [7, 11) is 0. The van der Waals surface area contributed by atoms with E-state index in [1.807, 2.05) is 24.3 Å². The van der Waals surface area contributed by atoms with Gasteiger partial charge < -0.3 is 11.1 Å². The Kier molecular flexibility index (Phi) is 4.66. The van der Waals surface area contributed by atoms with Crippen molar-refractivity contribution in [3.63, 3.8) is 0 Å². The highest BCUT2D eigenvalue weighted by Gasteiger charge is 2.04. The molecule has 1 heterocycles. The highest BCUT2D eigenvalue weighted by atomic mass is 32.2. The van der Waals surface area contributed by atoms with Gasteiger partial charge in [-0.1, -0.05) is 12.1 Å². The van der Waals surface area contributed by atoms with Gasteiger partial charge in [0.15, 0.2) is 0 Å². The molecule has 3 N–H and O–H groups in total. The zero-order chi connectivity index (χ0) is 12.8. The van der Waals surface area contributed by atoms with Gasteiger partial charge in [-0.05, 0) is 34.5 Å². The average Bonchev–Trinajstić information content (AvgIpc) is 2.88. The van der Waals surface area contributed by atoms with Crippen molar-refractivity contribution in [2.75, 3.05) is 11.1 Å². The Balaban J connectivity index is 2.00. The Morgan fingerprint density at radius 1 is 1.33 bits per heavy atom. The number of anilines is 1. The molecule has 0 unspecified atom stereocenters. The number of primary amides is 1. The molecular formula is C13H14N2OS2. The van der Waals surface area contributed by atoms with Gasteiger partial charge in [-0.25, -0.2) is 0 Å². The molecule has 0 radical (unpaired) electrons. The van der Waals surface area contributed by atoms with Crippen molar-refractivity contribution in [1.82, 2.24) is 0 Å². The van der Waals surface area contributed by atoms with Gasteiger partial charge in [-0.3, -0.25) is 4.79 Å². The highest BCUT2D eigenvalue weighted by molar-refractivity contribution is 8.00. The van der Waals surface area contributed by atoms with E-state index in [1.165, 1.54) is 17.3 Å². The van der Waals surface area contributed by atoms with Gasteiger partial charge in [0, 0.05) is 17.1 Å². The number of rotatable bonds is 6. The number of para-hydroxylation sites is 1. The van der Waals surface area contributed by atoms with E-state index in [2.05, 4.69) is 22.1 Å². The number of thioether (sulfide) groups is 1. The molecule has 1 amide bonds. The van der Waals surface area contributed by atoms with Gasteiger partial charge in [-0.2, -0.15) is 11.3 Å². The fourth-order valence-electron chi connectivity index (χ4n) is 1.48. The summed E-state index contributed by atoms with van der Waals surface area (Å²) in [6, 6.07) is 10.0. The monoisotopic (exact) mass is 278 g/mol. The first kappa shape index (κ1) is 13.0. The molecule has 0 bridgehead atoms. The molecule has 0 fully saturated rings. The van der Waals surface area contributed by atoms with Crippen LogP contribution in [0.15, 0.2) is 46.0 Å². The zero-order valence-electron chi connectivity index (χ0n) is 9.76. The van der Waals surface area contributed by atoms with E-state index < -0.39 is 0 Å². The first-order chi connectivity index (χ1) is 8.75. The summed E-state index contributed by atoms with van der Waals surface area (Å²) in [6.07, 6.45) is 0. The van der Waals surface area contributed by atoms with Gasteiger partial charge in [0.05, 0.1) is 5.75 Å². The largest absolute Gasteiger partial charge is 0.380 e. The lowest BCUT2D eigenvalue weighted by atomic mass is 10.3. The van der Waals surface area contributed by atoms with Crippen LogP contribution in [0.5, 0.6) is 0 Å². The second-order valence-corrected chi connectivity index (χ2v) is 5.53. The third kappa shape index (κ3) is 3.78. The fraction of sp³-hybridized carbons (Fsp3) is 0.154. The van der Waals surface area contributed by atoms with Crippen LogP contribution >= 0.6 is 23.1 Å². The number of amides is 1. The number of nitrogens with one attached hydrogen (secondary N) is 1. The number of benzene rings is 1. The lowest BCUT2D eigenvalue weighted by Gasteiger charge is -2.10. The van der Waals surface area contributed by atoms with E-state index in [0.29, 0.717) is 5.75 Å². The Labute approximate surface area is 114 Å². The van der Waals surface area contributed by atoms with Crippen molar-refractivity contribution >= 4 is 34.7 Å². The van der Waals surface area contributed by atoms with Crippen LogP contribution in [0.4, 0.5) is 5.69 Å². The average molecular weight is 278 g/mol. The normalized spacial score (nSPS) is 10.2. The lowest BCUT2D eigenvalue weighted by Crippen LogP contribution is -2.13. The van der Waals surface area contributed by atoms with Gasteiger partial charge in [-0.15, -0.1) is 11.8 Å². The van der Waals surface area contributed by atoms with E-state index in [-0.39, 0.29) is 5.91 Å². The van der Waals surface area contributed by atoms with Gasteiger partial charge >= 0.3 is 0 Å². The third-order valence-corrected chi connectivity index (χ3v) is 4.15. The molecule has 0 aliphatic heterocycles. The van der Waals surface area contributed by atoms with Gasteiger partial charge in [0.2, 0.25) is 5.91 Å². The summed E-state index contributed by atoms with van der Waals surface area (Å²) in [5, 5.41) is 7.55. The topological polar surface area (TPSA) is 55.1 Å². The van der Waals surface area contributed by atoms with E-state index in [9.17, 15) is 4.79 Å². The zero-order valence-corrected chi connectivity index (χ0v) is 11.4. The molecule has 18 heavy (non-hydrogen) atoms. The fourth-order valence-corrected chi connectivity index (χ4v) is 2.91. The first-order valence-electron chi connectivity index (χ1n) is 5.51. The third-order valence-electron chi connectivity index (χ3n) is 2.32. The van der Waals surface area contributed by atoms with Crippen LogP contribution in [0.25, 0.3) is 0 Å². The molecule has 3 nitrogen and oxygen atoms in total. The Morgan fingerprint density at radius 3 is 2.89 bits per heavy atom. The Bertz CT molecular complexity index is 511. The van der Waals surface area contributed by atoms with Crippen molar-refractivity contribution in [2.24, 2.45) is 5.73 Å². The number of hydrogen-bond acceptors (Lipinski definition) is 4. The molecule has 0 spiro atoms. The molecule has 5 heteroatoms. The van der Waals surface area contributed by atoms with Crippen molar-refractivity contribution in [1.29, 1.82) is 0 Å². The van der Waals surface area contributed by atoms with Crippen molar-refractivity contribution < 1.29 is 4.79 Å². The SMILES string of the molecule is NC(=O)CSc1ccccc1NCc1ccsc1. The Hall–Kier alpha value is -1.46. The number of carbonyl (C=O) groups is 1. The lowest BCUT2D eigenvalue weighted by molar-refractivity contribution is -0.115. The molecule has 0 aliphatic carbocycles. The summed E-state index contributed by atoms with van der Waals surface area (Å²) in [5.41, 5.74) is 7.46. The standard InChI is InChI=1S/C13H14N2OS2/c14-13(16)9-18-12-4-2-1-3-11(12)15-7-10-5-6-17-8-10/h1-6,8,15H,7,9H2,(H2,14,16). The molecule has 0 saturated heterocycles. The second kappa shape index (κ2) is 6.47. The summed E-state index contributed by atoms with van der Waals surface area (Å²) in [5.74, 6) is 0.00424. The van der Waals surface area contributed by atoms with Crippen LogP contribution in [-0.2, 0) is 11.3 Å². The summed E-state index contributed by atoms with van der Waals surface area (Å²) in [4.78, 5) is 11.9. The van der Waals surface area contributed by atoms with Crippen LogP contribution in [0.1, 0.15) is 5.56 Å². The summed E-state index contributed by atoms with van der Waals surface area (Å²) in [6.45, 7) is 0.789. The molecule has 94 valence electrons. The molecule has 2 aromatic rings. The summed E-state index contributed by atoms with van der Waals surface area (Å²) >= 11 is 3.14. The van der Waals surface area contributed by atoms with E-state index >= 15 is 0 Å². The van der Waals surface area contributed by atoms with Crippen LogP contribution < -0.4 is 11.1 Å². The summed E-state index contributed by atoms with van der Waals surface area (Å²) < 4.78 is 0. The predicted octanol–water partition coefficient (Wildman–Crippen LogP) is 2.94. The minimum Gasteiger partial charge on any atom is -0.380 e. The molecule has 0 atom stereocenters.